The number of carboxylic acids is 1. The van der Waals surface area contributed by atoms with Gasteiger partial charge in [-0.15, -0.1) is 11.8 Å². The number of carboxylic acid groups (broad SMARTS) is 1. The number of benzene rings is 1. The van der Waals surface area contributed by atoms with Crippen LogP contribution >= 0.6 is 11.8 Å². The number of halogens is 1. The summed E-state index contributed by atoms with van der Waals surface area (Å²) >= 11 is 1.33. The zero-order valence-corrected chi connectivity index (χ0v) is 11.7. The van der Waals surface area contributed by atoms with E-state index < -0.39 is 29.6 Å². The highest BCUT2D eigenvalue weighted by Gasteiger charge is 2.34. The van der Waals surface area contributed by atoms with Gasteiger partial charge in [0.1, 0.15) is 11.9 Å². The molecule has 1 saturated heterocycles. The van der Waals surface area contributed by atoms with Crippen LogP contribution in [0.3, 0.4) is 0 Å². The summed E-state index contributed by atoms with van der Waals surface area (Å²) in [5.74, 6) is -2.37. The molecule has 1 aromatic rings. The van der Waals surface area contributed by atoms with E-state index in [9.17, 15) is 18.8 Å². The van der Waals surface area contributed by atoms with E-state index in [0.717, 1.165) is 6.07 Å². The van der Waals surface area contributed by atoms with Crippen molar-refractivity contribution in [2.75, 3.05) is 18.2 Å². The van der Waals surface area contributed by atoms with Gasteiger partial charge in [0, 0.05) is 5.75 Å². The van der Waals surface area contributed by atoms with E-state index >= 15 is 0 Å². The predicted molar refractivity (Wildman–Crippen MR) is 74.3 cm³/mol. The summed E-state index contributed by atoms with van der Waals surface area (Å²) in [6.07, 6.45) is 0. The Morgan fingerprint density at radius 3 is 2.76 bits per heavy atom. The zero-order valence-electron chi connectivity index (χ0n) is 10.9. The minimum absolute atomic E-state index is 0.157. The Kier molecular flexibility index (Phi) is 4.79. The first-order chi connectivity index (χ1) is 10.0. The van der Waals surface area contributed by atoms with Gasteiger partial charge in [0.25, 0.3) is 5.91 Å². The van der Waals surface area contributed by atoms with Crippen molar-refractivity contribution in [3.8, 4) is 0 Å². The normalized spacial score (nSPS) is 17.6. The smallest absolute Gasteiger partial charge is 0.327 e. The van der Waals surface area contributed by atoms with Crippen molar-refractivity contribution in [3.63, 3.8) is 0 Å². The Morgan fingerprint density at radius 2 is 2.10 bits per heavy atom. The Bertz CT molecular complexity index is 581. The molecule has 1 aromatic carbocycles. The Balaban J connectivity index is 1.94. The zero-order chi connectivity index (χ0) is 15.4. The highest BCUT2D eigenvalue weighted by molar-refractivity contribution is 7.99. The van der Waals surface area contributed by atoms with Crippen LogP contribution in [0, 0.1) is 5.82 Å². The molecule has 1 atom stereocenters. The maximum absolute atomic E-state index is 13.4. The Morgan fingerprint density at radius 1 is 1.38 bits per heavy atom. The molecule has 1 fully saturated rings. The SMILES string of the molecule is O=C(NCC(=O)N1CSC[C@H]1C(=O)O)c1ccccc1F. The van der Waals surface area contributed by atoms with Crippen molar-refractivity contribution in [2.45, 2.75) is 6.04 Å². The average Bonchev–Trinajstić information content (AvgIpc) is 2.94. The molecule has 0 aliphatic carbocycles. The first-order valence-corrected chi connectivity index (χ1v) is 7.29. The van der Waals surface area contributed by atoms with Gasteiger partial charge in [-0.1, -0.05) is 12.1 Å². The second-order valence-corrected chi connectivity index (χ2v) is 5.38. The van der Waals surface area contributed by atoms with Gasteiger partial charge in [0.15, 0.2) is 0 Å². The lowest BCUT2D eigenvalue weighted by molar-refractivity contribution is -0.147. The third kappa shape index (κ3) is 3.52. The third-order valence-corrected chi connectivity index (χ3v) is 4.02. The van der Waals surface area contributed by atoms with Crippen LogP contribution in [0.5, 0.6) is 0 Å². The van der Waals surface area contributed by atoms with Crippen molar-refractivity contribution >= 4 is 29.5 Å². The molecule has 6 nitrogen and oxygen atoms in total. The molecular weight excluding hydrogens is 299 g/mol. The van der Waals surface area contributed by atoms with E-state index in [2.05, 4.69) is 5.32 Å². The van der Waals surface area contributed by atoms with Crippen LogP contribution < -0.4 is 5.32 Å². The molecule has 0 bridgehead atoms. The summed E-state index contributed by atoms with van der Waals surface area (Å²) in [6.45, 7) is -0.364. The van der Waals surface area contributed by atoms with E-state index in [4.69, 9.17) is 5.11 Å². The number of thioether (sulfide) groups is 1. The largest absolute Gasteiger partial charge is 0.480 e. The minimum Gasteiger partial charge on any atom is -0.480 e. The van der Waals surface area contributed by atoms with Crippen LogP contribution in [-0.4, -0.2) is 52.0 Å². The predicted octanol–water partition coefficient (Wildman–Crippen LogP) is 0.542. The maximum atomic E-state index is 13.4. The van der Waals surface area contributed by atoms with Crippen LogP contribution in [-0.2, 0) is 9.59 Å². The van der Waals surface area contributed by atoms with Gasteiger partial charge < -0.3 is 15.3 Å². The van der Waals surface area contributed by atoms with Gasteiger partial charge in [0.05, 0.1) is 18.0 Å². The summed E-state index contributed by atoms with van der Waals surface area (Å²) in [5, 5.41) is 11.3. The molecule has 2 amide bonds. The molecule has 0 spiro atoms. The Labute approximate surface area is 124 Å². The molecule has 1 heterocycles. The second-order valence-electron chi connectivity index (χ2n) is 4.38. The number of nitrogens with one attached hydrogen (secondary N) is 1. The fraction of sp³-hybridized carbons (Fsp3) is 0.308. The summed E-state index contributed by atoms with van der Waals surface area (Å²) in [4.78, 5) is 35.8. The molecule has 0 aromatic heterocycles. The maximum Gasteiger partial charge on any atom is 0.327 e. The van der Waals surface area contributed by atoms with Crippen LogP contribution in [0.1, 0.15) is 10.4 Å². The Hall–Kier alpha value is -2.09. The topological polar surface area (TPSA) is 86.7 Å². The highest BCUT2D eigenvalue weighted by atomic mass is 32.2. The van der Waals surface area contributed by atoms with Crippen LogP contribution in [0.25, 0.3) is 0 Å². The van der Waals surface area contributed by atoms with Gasteiger partial charge in [-0.05, 0) is 12.1 Å². The number of hydrogen-bond donors (Lipinski definition) is 2. The third-order valence-electron chi connectivity index (χ3n) is 3.01. The highest BCUT2D eigenvalue weighted by Crippen LogP contribution is 2.20. The first-order valence-electron chi connectivity index (χ1n) is 6.13. The molecular formula is C13H13FN2O4S. The number of aliphatic carboxylic acids is 1. The number of hydrogen-bond acceptors (Lipinski definition) is 4. The molecule has 0 saturated carbocycles. The molecule has 1 aliphatic heterocycles. The molecule has 0 unspecified atom stereocenters. The quantitative estimate of drug-likeness (QED) is 0.847. The molecule has 2 rings (SSSR count). The van der Waals surface area contributed by atoms with E-state index in [1.165, 1.54) is 34.9 Å². The molecule has 2 N–H and O–H groups in total. The lowest BCUT2D eigenvalue weighted by Crippen LogP contribution is -2.46. The van der Waals surface area contributed by atoms with Crippen molar-refractivity contribution < 1.29 is 23.9 Å². The van der Waals surface area contributed by atoms with Gasteiger partial charge >= 0.3 is 5.97 Å². The summed E-state index contributed by atoms with van der Waals surface area (Å²) in [6, 6.07) is 4.54. The summed E-state index contributed by atoms with van der Waals surface area (Å²) in [5.41, 5.74) is -0.157. The van der Waals surface area contributed by atoms with Crippen LogP contribution in [0.15, 0.2) is 24.3 Å². The average molecular weight is 312 g/mol. The number of rotatable bonds is 4. The van der Waals surface area contributed by atoms with Crippen molar-refractivity contribution in [1.29, 1.82) is 0 Å². The van der Waals surface area contributed by atoms with Crippen molar-refractivity contribution in [3.05, 3.63) is 35.6 Å². The van der Waals surface area contributed by atoms with Gasteiger partial charge in [-0.25, -0.2) is 9.18 Å². The number of carbonyl (C=O) groups is 3. The molecule has 21 heavy (non-hydrogen) atoms. The number of carbonyl (C=O) groups excluding carboxylic acids is 2. The fourth-order valence-corrected chi connectivity index (χ4v) is 3.06. The van der Waals surface area contributed by atoms with Gasteiger partial charge in [-0.3, -0.25) is 9.59 Å². The standard InChI is InChI=1S/C13H13FN2O4S/c14-9-4-2-1-3-8(9)12(18)15-5-11(17)16-7-21-6-10(16)13(19)20/h1-4,10H,5-7H2,(H,15,18)(H,19,20)/t10-/m0/s1. The molecule has 8 heteroatoms. The fourth-order valence-electron chi connectivity index (χ4n) is 1.89. The number of nitrogens with zero attached hydrogens (tertiary/aromatic N) is 1. The van der Waals surface area contributed by atoms with E-state index in [1.807, 2.05) is 0 Å². The van der Waals surface area contributed by atoms with Crippen LogP contribution in [0.4, 0.5) is 4.39 Å². The first kappa shape index (κ1) is 15.3. The van der Waals surface area contributed by atoms with Crippen LogP contribution in [0.2, 0.25) is 0 Å². The molecule has 112 valence electrons. The monoisotopic (exact) mass is 312 g/mol. The van der Waals surface area contributed by atoms with E-state index in [0.29, 0.717) is 5.75 Å². The summed E-state index contributed by atoms with van der Waals surface area (Å²) in [7, 11) is 0. The lowest BCUT2D eigenvalue weighted by Gasteiger charge is -2.20. The molecule has 1 aliphatic rings. The summed E-state index contributed by atoms with van der Waals surface area (Å²) < 4.78 is 13.4. The van der Waals surface area contributed by atoms with Gasteiger partial charge in [0.2, 0.25) is 5.91 Å². The minimum atomic E-state index is -1.08. The van der Waals surface area contributed by atoms with E-state index in [-0.39, 0.29) is 18.0 Å². The molecule has 0 radical (unpaired) electrons. The second kappa shape index (κ2) is 6.57. The van der Waals surface area contributed by atoms with Crippen molar-refractivity contribution in [2.24, 2.45) is 0 Å². The number of amides is 2. The van der Waals surface area contributed by atoms with E-state index in [1.54, 1.807) is 0 Å². The van der Waals surface area contributed by atoms with Crippen molar-refractivity contribution in [1.82, 2.24) is 10.2 Å². The lowest BCUT2D eigenvalue weighted by atomic mass is 10.2. The van der Waals surface area contributed by atoms with Gasteiger partial charge in [-0.2, -0.15) is 0 Å².